The van der Waals surface area contributed by atoms with Gasteiger partial charge in [0.2, 0.25) is 5.91 Å². The molecule has 1 aromatic carbocycles. The highest BCUT2D eigenvalue weighted by Crippen LogP contribution is 2.19. The molecule has 0 aromatic heterocycles. The Bertz CT molecular complexity index is 452. The van der Waals surface area contributed by atoms with Gasteiger partial charge in [0.05, 0.1) is 6.61 Å². The number of methoxy groups -OCH3 is 1. The van der Waals surface area contributed by atoms with E-state index in [9.17, 15) is 4.79 Å². The van der Waals surface area contributed by atoms with E-state index < -0.39 is 6.04 Å². The molecule has 22 heavy (non-hydrogen) atoms. The maximum Gasteiger partial charge on any atom is 0.239 e. The number of nitrogens with zero attached hydrogens (tertiary/aromatic N) is 1. The molecule has 2 rings (SSSR count). The molecule has 2 atom stereocenters. The Labute approximate surface area is 132 Å². The van der Waals surface area contributed by atoms with Crippen LogP contribution < -0.4 is 11.1 Å². The van der Waals surface area contributed by atoms with Gasteiger partial charge in [-0.3, -0.25) is 9.69 Å². The summed E-state index contributed by atoms with van der Waals surface area (Å²) in [5.41, 5.74) is 7.07. The van der Waals surface area contributed by atoms with Crippen molar-refractivity contribution in [1.82, 2.24) is 10.2 Å². The highest BCUT2D eigenvalue weighted by molar-refractivity contribution is 5.81. The molecule has 1 heterocycles. The van der Waals surface area contributed by atoms with Crippen LogP contribution in [0.25, 0.3) is 0 Å². The lowest BCUT2D eigenvalue weighted by Crippen LogP contribution is -2.50. The molecule has 2 unspecified atom stereocenters. The van der Waals surface area contributed by atoms with Gasteiger partial charge in [0.25, 0.3) is 0 Å². The molecule has 5 nitrogen and oxygen atoms in total. The van der Waals surface area contributed by atoms with E-state index >= 15 is 0 Å². The number of nitrogens with one attached hydrogen (secondary N) is 1. The molecule has 0 spiro atoms. The van der Waals surface area contributed by atoms with Crippen molar-refractivity contribution in [2.45, 2.75) is 37.9 Å². The number of nitrogens with two attached hydrogens (primary N) is 1. The SMILES string of the molecule is COCC(N)C(=O)NCC1CCCCN1Cc1ccccc1. The maximum atomic E-state index is 11.9. The van der Waals surface area contributed by atoms with Gasteiger partial charge in [-0.1, -0.05) is 36.8 Å². The predicted octanol–water partition coefficient (Wildman–Crippen LogP) is 1.13. The second-order valence-corrected chi connectivity index (χ2v) is 5.91. The zero-order valence-electron chi connectivity index (χ0n) is 13.3. The highest BCUT2D eigenvalue weighted by Gasteiger charge is 2.23. The average Bonchev–Trinajstić information content (AvgIpc) is 2.55. The first-order valence-corrected chi connectivity index (χ1v) is 8.01. The van der Waals surface area contributed by atoms with Crippen LogP contribution in [0.2, 0.25) is 0 Å². The van der Waals surface area contributed by atoms with E-state index in [1.807, 2.05) is 6.07 Å². The number of amides is 1. The largest absolute Gasteiger partial charge is 0.383 e. The minimum Gasteiger partial charge on any atom is -0.383 e. The lowest BCUT2D eigenvalue weighted by molar-refractivity contribution is -0.123. The summed E-state index contributed by atoms with van der Waals surface area (Å²) in [7, 11) is 1.55. The van der Waals surface area contributed by atoms with Crippen LogP contribution >= 0.6 is 0 Å². The number of carbonyl (C=O) groups excluding carboxylic acids is 1. The molecule has 1 fully saturated rings. The Balaban J connectivity index is 1.86. The molecule has 0 saturated carbocycles. The molecule has 1 amide bonds. The van der Waals surface area contributed by atoms with Crippen molar-refractivity contribution < 1.29 is 9.53 Å². The van der Waals surface area contributed by atoms with Crippen molar-refractivity contribution in [3.63, 3.8) is 0 Å². The first-order valence-electron chi connectivity index (χ1n) is 8.01. The number of hydrogen-bond donors (Lipinski definition) is 2. The summed E-state index contributed by atoms with van der Waals surface area (Å²) in [5.74, 6) is -0.132. The molecule has 5 heteroatoms. The third-order valence-corrected chi connectivity index (χ3v) is 4.17. The normalized spacial score (nSPS) is 20.5. The summed E-state index contributed by atoms with van der Waals surface area (Å²) < 4.78 is 4.92. The third-order valence-electron chi connectivity index (χ3n) is 4.17. The number of benzene rings is 1. The first-order chi connectivity index (χ1) is 10.7. The Morgan fingerprint density at radius 1 is 1.41 bits per heavy atom. The maximum absolute atomic E-state index is 11.9. The van der Waals surface area contributed by atoms with E-state index in [-0.39, 0.29) is 12.5 Å². The average molecular weight is 305 g/mol. The summed E-state index contributed by atoms with van der Waals surface area (Å²) in [6.45, 7) is 2.93. The number of hydrogen-bond acceptors (Lipinski definition) is 4. The Hall–Kier alpha value is -1.43. The van der Waals surface area contributed by atoms with Gasteiger partial charge >= 0.3 is 0 Å². The van der Waals surface area contributed by atoms with Gasteiger partial charge in [-0.05, 0) is 24.9 Å². The van der Waals surface area contributed by atoms with Gasteiger partial charge in [0, 0.05) is 26.2 Å². The van der Waals surface area contributed by atoms with Gasteiger partial charge in [-0.25, -0.2) is 0 Å². The van der Waals surface area contributed by atoms with Crippen LogP contribution in [0.4, 0.5) is 0 Å². The molecule has 3 N–H and O–H groups in total. The number of ether oxygens (including phenoxy) is 1. The van der Waals surface area contributed by atoms with E-state index in [2.05, 4.69) is 34.5 Å². The van der Waals surface area contributed by atoms with Crippen molar-refractivity contribution in [3.05, 3.63) is 35.9 Å². The minimum atomic E-state index is -0.587. The zero-order chi connectivity index (χ0) is 15.8. The quantitative estimate of drug-likeness (QED) is 0.792. The van der Waals surface area contributed by atoms with Crippen LogP contribution in [0.15, 0.2) is 30.3 Å². The fraction of sp³-hybridized carbons (Fsp3) is 0.588. The molecule has 122 valence electrons. The summed E-state index contributed by atoms with van der Waals surface area (Å²) in [5, 5.41) is 2.97. The summed E-state index contributed by atoms with van der Waals surface area (Å²) in [6, 6.07) is 10.3. The molecule has 1 aliphatic rings. The zero-order valence-corrected chi connectivity index (χ0v) is 13.3. The Morgan fingerprint density at radius 2 is 2.18 bits per heavy atom. The number of rotatable bonds is 7. The lowest BCUT2D eigenvalue weighted by Gasteiger charge is -2.36. The minimum absolute atomic E-state index is 0.132. The van der Waals surface area contributed by atoms with E-state index in [0.29, 0.717) is 12.6 Å². The second kappa shape index (κ2) is 8.88. The monoisotopic (exact) mass is 305 g/mol. The standard InChI is InChI=1S/C17H27N3O2/c1-22-13-16(18)17(21)19-11-15-9-5-6-10-20(15)12-14-7-3-2-4-8-14/h2-4,7-8,15-16H,5-6,9-13,18H2,1H3,(H,19,21). The summed E-state index contributed by atoms with van der Waals surface area (Å²) >= 11 is 0. The van der Waals surface area contributed by atoms with Crippen molar-refractivity contribution in [1.29, 1.82) is 0 Å². The molecule has 0 bridgehead atoms. The number of carbonyl (C=O) groups is 1. The Kier molecular flexibility index (Phi) is 6.83. The smallest absolute Gasteiger partial charge is 0.239 e. The van der Waals surface area contributed by atoms with Gasteiger partial charge in [-0.15, -0.1) is 0 Å². The molecule has 0 radical (unpaired) electrons. The van der Waals surface area contributed by atoms with Gasteiger partial charge in [-0.2, -0.15) is 0 Å². The highest BCUT2D eigenvalue weighted by atomic mass is 16.5. The van der Waals surface area contributed by atoms with E-state index in [0.717, 1.165) is 19.5 Å². The van der Waals surface area contributed by atoms with Gasteiger partial charge in [0.1, 0.15) is 6.04 Å². The Morgan fingerprint density at radius 3 is 2.91 bits per heavy atom. The molecule has 1 aromatic rings. The predicted molar refractivity (Wildman–Crippen MR) is 87.4 cm³/mol. The van der Waals surface area contributed by atoms with Crippen LogP contribution in [0, 0.1) is 0 Å². The number of likely N-dealkylation sites (tertiary alicyclic amines) is 1. The van der Waals surface area contributed by atoms with Gasteiger partial charge in [0.15, 0.2) is 0 Å². The molecule has 0 aliphatic carbocycles. The van der Waals surface area contributed by atoms with Crippen LogP contribution in [-0.2, 0) is 16.1 Å². The lowest BCUT2D eigenvalue weighted by atomic mass is 10.0. The van der Waals surface area contributed by atoms with E-state index in [1.165, 1.54) is 18.4 Å². The fourth-order valence-corrected chi connectivity index (χ4v) is 2.92. The van der Waals surface area contributed by atoms with Crippen molar-refractivity contribution in [2.24, 2.45) is 5.73 Å². The third kappa shape index (κ3) is 5.09. The molecular formula is C17H27N3O2. The van der Waals surface area contributed by atoms with E-state index in [4.69, 9.17) is 10.5 Å². The van der Waals surface area contributed by atoms with Crippen LogP contribution in [0.1, 0.15) is 24.8 Å². The van der Waals surface area contributed by atoms with Crippen molar-refractivity contribution in [2.75, 3.05) is 26.8 Å². The first kappa shape index (κ1) is 16.9. The summed E-state index contributed by atoms with van der Waals surface area (Å²) in [4.78, 5) is 14.4. The van der Waals surface area contributed by atoms with E-state index in [1.54, 1.807) is 7.11 Å². The topological polar surface area (TPSA) is 67.6 Å². The van der Waals surface area contributed by atoms with Crippen LogP contribution in [0.5, 0.6) is 0 Å². The van der Waals surface area contributed by atoms with Crippen molar-refractivity contribution in [3.8, 4) is 0 Å². The second-order valence-electron chi connectivity index (χ2n) is 5.91. The van der Waals surface area contributed by atoms with Crippen LogP contribution in [0.3, 0.4) is 0 Å². The van der Waals surface area contributed by atoms with Crippen molar-refractivity contribution >= 4 is 5.91 Å². The fourth-order valence-electron chi connectivity index (χ4n) is 2.92. The molecular weight excluding hydrogens is 278 g/mol. The molecule has 1 saturated heterocycles. The summed E-state index contributed by atoms with van der Waals surface area (Å²) in [6.07, 6.45) is 3.56. The van der Waals surface area contributed by atoms with Gasteiger partial charge < -0.3 is 15.8 Å². The molecule has 1 aliphatic heterocycles. The van der Waals surface area contributed by atoms with Crippen LogP contribution in [-0.4, -0.2) is 49.7 Å². The number of piperidine rings is 1.